The van der Waals surface area contributed by atoms with Crippen molar-refractivity contribution >= 4 is 5.78 Å². The van der Waals surface area contributed by atoms with Crippen LogP contribution in [0.2, 0.25) is 0 Å². The molecule has 0 bridgehead atoms. The Hall–Kier alpha value is -1.05. The highest BCUT2D eigenvalue weighted by molar-refractivity contribution is 5.84. The van der Waals surface area contributed by atoms with Crippen LogP contribution in [0.15, 0.2) is 23.9 Å². The van der Waals surface area contributed by atoms with Gasteiger partial charge in [0.1, 0.15) is 6.04 Å². The molecule has 0 aromatic heterocycles. The second-order valence-corrected chi connectivity index (χ2v) is 2.95. The molecule has 0 fully saturated rings. The quantitative estimate of drug-likeness (QED) is 0.563. The Kier molecular flexibility index (Phi) is 2.13. The van der Waals surface area contributed by atoms with Crippen molar-refractivity contribution in [2.45, 2.75) is 19.9 Å². The average molecular weight is 151 g/mol. The van der Waals surface area contributed by atoms with E-state index in [1.165, 1.54) is 0 Å². The summed E-state index contributed by atoms with van der Waals surface area (Å²) in [6, 6.07) is -0.0556. The Morgan fingerprint density at radius 3 is 2.73 bits per heavy atom. The van der Waals surface area contributed by atoms with Crippen LogP contribution in [0.4, 0.5) is 0 Å². The van der Waals surface area contributed by atoms with Crippen molar-refractivity contribution < 1.29 is 4.79 Å². The summed E-state index contributed by atoms with van der Waals surface area (Å²) in [6.07, 6.45) is 5.91. The first-order valence-corrected chi connectivity index (χ1v) is 3.70. The summed E-state index contributed by atoms with van der Waals surface area (Å²) >= 11 is 0. The van der Waals surface area contributed by atoms with Gasteiger partial charge >= 0.3 is 0 Å². The fraction of sp³-hybridized carbons (Fsp3) is 0.444. The minimum Gasteiger partial charge on any atom is -0.367 e. The molecule has 1 heterocycles. The molecule has 0 radical (unpaired) electrons. The summed E-state index contributed by atoms with van der Waals surface area (Å²) in [5, 5.41) is 0. The SMILES string of the molecule is CC(=O)C1C=C(C)C=CN1C. The van der Waals surface area contributed by atoms with Gasteiger partial charge in [-0.15, -0.1) is 0 Å². The minimum atomic E-state index is -0.0556. The predicted molar refractivity (Wildman–Crippen MR) is 45.1 cm³/mol. The molecule has 2 nitrogen and oxygen atoms in total. The molecule has 0 N–H and O–H groups in total. The van der Waals surface area contributed by atoms with Gasteiger partial charge in [0.15, 0.2) is 5.78 Å². The van der Waals surface area contributed by atoms with Crippen molar-refractivity contribution in [1.29, 1.82) is 0 Å². The smallest absolute Gasteiger partial charge is 0.156 e. The molecular weight excluding hydrogens is 138 g/mol. The molecule has 0 aromatic rings. The van der Waals surface area contributed by atoms with E-state index in [4.69, 9.17) is 0 Å². The molecule has 1 rings (SSSR count). The van der Waals surface area contributed by atoms with Gasteiger partial charge in [0.05, 0.1) is 0 Å². The predicted octanol–water partition coefficient (Wildman–Crippen LogP) is 1.35. The van der Waals surface area contributed by atoms with Gasteiger partial charge in [-0.1, -0.05) is 11.6 Å². The zero-order chi connectivity index (χ0) is 8.43. The lowest BCUT2D eigenvalue weighted by atomic mass is 10.1. The van der Waals surface area contributed by atoms with E-state index in [-0.39, 0.29) is 11.8 Å². The van der Waals surface area contributed by atoms with Crippen LogP contribution >= 0.6 is 0 Å². The van der Waals surface area contributed by atoms with E-state index >= 15 is 0 Å². The van der Waals surface area contributed by atoms with Crippen LogP contribution in [-0.2, 0) is 4.79 Å². The van der Waals surface area contributed by atoms with Crippen LogP contribution in [0.25, 0.3) is 0 Å². The van der Waals surface area contributed by atoms with Crippen LogP contribution in [0.3, 0.4) is 0 Å². The molecule has 1 atom stereocenters. The van der Waals surface area contributed by atoms with Gasteiger partial charge in [-0.25, -0.2) is 0 Å². The van der Waals surface area contributed by atoms with Crippen molar-refractivity contribution in [3.63, 3.8) is 0 Å². The summed E-state index contributed by atoms with van der Waals surface area (Å²) in [5.41, 5.74) is 1.16. The first-order chi connectivity index (χ1) is 5.11. The van der Waals surface area contributed by atoms with Gasteiger partial charge in [0.25, 0.3) is 0 Å². The number of nitrogens with zero attached hydrogens (tertiary/aromatic N) is 1. The van der Waals surface area contributed by atoms with Gasteiger partial charge < -0.3 is 4.90 Å². The van der Waals surface area contributed by atoms with Crippen LogP contribution in [0.1, 0.15) is 13.8 Å². The average Bonchev–Trinajstić information content (AvgIpc) is 1.94. The third kappa shape index (κ3) is 1.70. The standard InChI is InChI=1S/C9H13NO/c1-7-4-5-10(3)9(6-7)8(2)11/h4-6,9H,1-3H3. The van der Waals surface area contributed by atoms with Gasteiger partial charge in [-0.3, -0.25) is 4.79 Å². The van der Waals surface area contributed by atoms with E-state index in [2.05, 4.69) is 0 Å². The van der Waals surface area contributed by atoms with Gasteiger partial charge in [-0.05, 0) is 26.1 Å². The van der Waals surface area contributed by atoms with Crippen molar-refractivity contribution in [3.8, 4) is 0 Å². The Morgan fingerprint density at radius 2 is 2.27 bits per heavy atom. The Balaban J connectivity index is 2.81. The molecule has 0 aromatic carbocycles. The lowest BCUT2D eigenvalue weighted by Crippen LogP contribution is -2.33. The Morgan fingerprint density at radius 1 is 1.64 bits per heavy atom. The van der Waals surface area contributed by atoms with Crippen molar-refractivity contribution in [3.05, 3.63) is 23.9 Å². The number of carbonyl (C=O) groups excluding carboxylic acids is 1. The second-order valence-electron chi connectivity index (χ2n) is 2.95. The van der Waals surface area contributed by atoms with Crippen LogP contribution in [0, 0.1) is 0 Å². The summed E-state index contributed by atoms with van der Waals surface area (Å²) in [4.78, 5) is 12.9. The summed E-state index contributed by atoms with van der Waals surface area (Å²) < 4.78 is 0. The molecule has 1 aliphatic rings. The third-order valence-electron chi connectivity index (χ3n) is 1.85. The van der Waals surface area contributed by atoms with Crippen molar-refractivity contribution in [2.75, 3.05) is 7.05 Å². The lowest BCUT2D eigenvalue weighted by molar-refractivity contribution is -0.119. The minimum absolute atomic E-state index is 0.0556. The fourth-order valence-electron chi connectivity index (χ4n) is 1.15. The van der Waals surface area contributed by atoms with Gasteiger partial charge in [0, 0.05) is 7.05 Å². The van der Waals surface area contributed by atoms with Gasteiger partial charge in [-0.2, -0.15) is 0 Å². The summed E-state index contributed by atoms with van der Waals surface area (Å²) in [5.74, 6) is 0.191. The molecule has 60 valence electrons. The fourth-order valence-corrected chi connectivity index (χ4v) is 1.15. The maximum absolute atomic E-state index is 11.0. The highest BCUT2D eigenvalue weighted by atomic mass is 16.1. The number of likely N-dealkylation sites (N-methyl/N-ethyl adjacent to an activating group) is 1. The number of hydrogen-bond donors (Lipinski definition) is 0. The Bertz CT molecular complexity index is 228. The molecule has 0 spiro atoms. The molecule has 0 saturated heterocycles. The number of ketones is 1. The van der Waals surface area contributed by atoms with Crippen molar-refractivity contribution in [2.24, 2.45) is 0 Å². The molecule has 2 heteroatoms. The molecular formula is C9H13NO. The topological polar surface area (TPSA) is 20.3 Å². The van der Waals surface area contributed by atoms with E-state index in [1.54, 1.807) is 6.92 Å². The van der Waals surface area contributed by atoms with E-state index < -0.39 is 0 Å². The number of hydrogen-bond acceptors (Lipinski definition) is 2. The third-order valence-corrected chi connectivity index (χ3v) is 1.85. The normalized spacial score (nSPS) is 23.4. The summed E-state index contributed by atoms with van der Waals surface area (Å²) in [6.45, 7) is 3.61. The number of carbonyl (C=O) groups is 1. The van der Waals surface area contributed by atoms with E-state index in [0.717, 1.165) is 5.57 Å². The molecule has 1 unspecified atom stereocenters. The zero-order valence-corrected chi connectivity index (χ0v) is 7.16. The molecule has 0 amide bonds. The first-order valence-electron chi connectivity index (χ1n) is 3.70. The van der Waals surface area contributed by atoms with E-state index in [0.29, 0.717) is 0 Å². The van der Waals surface area contributed by atoms with E-state index in [9.17, 15) is 4.79 Å². The molecule has 0 saturated carbocycles. The molecule has 1 aliphatic heterocycles. The van der Waals surface area contributed by atoms with Crippen molar-refractivity contribution in [1.82, 2.24) is 4.90 Å². The maximum atomic E-state index is 11.0. The van der Waals surface area contributed by atoms with Crippen LogP contribution < -0.4 is 0 Å². The molecule has 0 aliphatic carbocycles. The van der Waals surface area contributed by atoms with Crippen LogP contribution in [-0.4, -0.2) is 23.8 Å². The number of allylic oxidation sites excluding steroid dienone is 2. The number of rotatable bonds is 1. The zero-order valence-electron chi connectivity index (χ0n) is 7.16. The first kappa shape index (κ1) is 8.05. The van der Waals surface area contributed by atoms with E-state index in [1.807, 2.05) is 37.2 Å². The second kappa shape index (κ2) is 2.91. The molecule has 11 heavy (non-hydrogen) atoms. The van der Waals surface area contributed by atoms with Gasteiger partial charge in [0.2, 0.25) is 0 Å². The Labute approximate surface area is 67.2 Å². The largest absolute Gasteiger partial charge is 0.367 e. The summed E-state index contributed by atoms with van der Waals surface area (Å²) in [7, 11) is 1.91. The number of Topliss-reactive ketones (excluding diaryl/α,β-unsaturated/α-hetero) is 1. The maximum Gasteiger partial charge on any atom is 0.156 e. The highest BCUT2D eigenvalue weighted by Crippen LogP contribution is 2.11. The highest BCUT2D eigenvalue weighted by Gasteiger charge is 2.16. The monoisotopic (exact) mass is 151 g/mol. The van der Waals surface area contributed by atoms with Crippen LogP contribution in [0.5, 0.6) is 0 Å². The lowest BCUT2D eigenvalue weighted by Gasteiger charge is -2.25.